The van der Waals surface area contributed by atoms with E-state index in [2.05, 4.69) is 0 Å². The Morgan fingerprint density at radius 3 is 1.65 bits per heavy atom. The van der Waals surface area contributed by atoms with E-state index in [4.69, 9.17) is 5.73 Å². The second-order valence-corrected chi connectivity index (χ2v) is 4.68. The third-order valence-corrected chi connectivity index (χ3v) is 1.90. The highest BCUT2D eigenvalue weighted by Gasteiger charge is 1.96. The lowest BCUT2D eigenvalue weighted by atomic mass is 10.1. The van der Waals surface area contributed by atoms with Crippen LogP contribution in [-0.4, -0.2) is 17.5 Å². The van der Waals surface area contributed by atoms with Gasteiger partial charge in [-0.1, -0.05) is 13.8 Å². The van der Waals surface area contributed by atoms with Crippen molar-refractivity contribution >= 4 is 17.5 Å². The van der Waals surface area contributed by atoms with Crippen molar-refractivity contribution < 1.29 is 14.4 Å². The molecule has 100 valence electrons. The summed E-state index contributed by atoms with van der Waals surface area (Å²) in [5.41, 5.74) is 4.89. The van der Waals surface area contributed by atoms with Gasteiger partial charge in [0.15, 0.2) is 0 Å². The van der Waals surface area contributed by atoms with E-state index in [1.54, 1.807) is 13.8 Å². The molecule has 4 nitrogen and oxygen atoms in total. The van der Waals surface area contributed by atoms with Gasteiger partial charge < -0.3 is 15.3 Å². The number of ketones is 2. The van der Waals surface area contributed by atoms with Crippen molar-refractivity contribution in [2.75, 3.05) is 0 Å². The minimum atomic E-state index is -0.288. The molecule has 0 aromatic carbocycles. The summed E-state index contributed by atoms with van der Waals surface area (Å²) in [5.74, 6) is 0.695. The molecule has 1 amide bonds. The summed E-state index contributed by atoms with van der Waals surface area (Å²) in [7, 11) is 0. The Morgan fingerprint density at radius 2 is 1.41 bits per heavy atom. The quantitative estimate of drug-likeness (QED) is 0.696. The van der Waals surface area contributed by atoms with Crippen LogP contribution in [0.2, 0.25) is 0 Å². The van der Waals surface area contributed by atoms with Crippen molar-refractivity contribution in [3.05, 3.63) is 0 Å². The molecule has 2 N–H and O–H groups in total. The van der Waals surface area contributed by atoms with Gasteiger partial charge in [0.25, 0.3) is 0 Å². The van der Waals surface area contributed by atoms with E-state index in [1.165, 1.54) is 0 Å². The molecular weight excluding hydrogens is 218 g/mol. The summed E-state index contributed by atoms with van der Waals surface area (Å²) in [6.07, 6.45) is 3.19. The zero-order valence-electron chi connectivity index (χ0n) is 11.4. The molecule has 0 atom stereocenters. The van der Waals surface area contributed by atoms with Crippen molar-refractivity contribution in [3.8, 4) is 0 Å². The van der Waals surface area contributed by atoms with Gasteiger partial charge in [0, 0.05) is 19.3 Å². The monoisotopic (exact) mass is 243 g/mol. The van der Waals surface area contributed by atoms with Crippen molar-refractivity contribution in [2.45, 2.75) is 59.8 Å². The zero-order valence-corrected chi connectivity index (χ0v) is 11.4. The van der Waals surface area contributed by atoms with Crippen LogP contribution in [0.4, 0.5) is 0 Å². The molecule has 0 aliphatic rings. The fourth-order valence-electron chi connectivity index (χ4n) is 1.25. The van der Waals surface area contributed by atoms with Crippen molar-refractivity contribution in [3.63, 3.8) is 0 Å². The van der Waals surface area contributed by atoms with Gasteiger partial charge in [0.1, 0.15) is 11.6 Å². The molecule has 0 rings (SSSR count). The van der Waals surface area contributed by atoms with Crippen LogP contribution in [0.25, 0.3) is 0 Å². The maximum atomic E-state index is 10.4. The molecule has 0 aromatic rings. The molecule has 0 saturated carbocycles. The maximum absolute atomic E-state index is 10.4. The molecular formula is C13H25NO3. The van der Waals surface area contributed by atoms with Gasteiger partial charge in [-0.2, -0.15) is 0 Å². The van der Waals surface area contributed by atoms with E-state index < -0.39 is 0 Å². The number of carbonyl (C=O) groups is 3. The van der Waals surface area contributed by atoms with Crippen LogP contribution in [0.3, 0.4) is 0 Å². The summed E-state index contributed by atoms with van der Waals surface area (Å²) in [6, 6.07) is 0. The minimum Gasteiger partial charge on any atom is -0.370 e. The number of nitrogens with two attached hydrogens (primary N) is 1. The van der Waals surface area contributed by atoms with Crippen LogP contribution in [0.15, 0.2) is 0 Å². The molecule has 0 fully saturated rings. The van der Waals surface area contributed by atoms with Crippen LogP contribution >= 0.6 is 0 Å². The van der Waals surface area contributed by atoms with Gasteiger partial charge in [-0.25, -0.2) is 0 Å². The summed E-state index contributed by atoms with van der Waals surface area (Å²) < 4.78 is 0. The number of amides is 1. The van der Waals surface area contributed by atoms with Gasteiger partial charge >= 0.3 is 0 Å². The lowest BCUT2D eigenvalue weighted by Crippen LogP contribution is -2.09. The van der Waals surface area contributed by atoms with Crippen LogP contribution in [0.5, 0.6) is 0 Å². The van der Waals surface area contributed by atoms with E-state index in [1.807, 2.05) is 13.8 Å². The molecule has 0 spiro atoms. The summed E-state index contributed by atoms with van der Waals surface area (Å²) in [4.78, 5) is 30.8. The van der Waals surface area contributed by atoms with Crippen molar-refractivity contribution in [1.82, 2.24) is 0 Å². The first-order chi connectivity index (χ1) is 7.75. The highest BCUT2D eigenvalue weighted by Crippen LogP contribution is 1.99. The molecule has 0 heterocycles. The predicted octanol–water partition coefficient (Wildman–Crippen LogP) is 2.24. The summed E-state index contributed by atoms with van der Waals surface area (Å²) in [6.45, 7) is 7.26. The highest BCUT2D eigenvalue weighted by atomic mass is 16.1. The number of hydrogen-bond acceptors (Lipinski definition) is 3. The van der Waals surface area contributed by atoms with Gasteiger partial charge in [-0.3, -0.25) is 4.79 Å². The van der Waals surface area contributed by atoms with Crippen LogP contribution < -0.4 is 5.73 Å². The normalized spacial score (nSPS) is 9.47. The topological polar surface area (TPSA) is 77.2 Å². The van der Waals surface area contributed by atoms with Crippen LogP contribution in [0, 0.1) is 5.92 Å². The number of hydrogen-bond donors (Lipinski definition) is 1. The largest absolute Gasteiger partial charge is 0.370 e. The molecule has 0 aliphatic carbocycles. The van der Waals surface area contributed by atoms with Crippen LogP contribution in [-0.2, 0) is 14.4 Å². The number of rotatable bonds is 7. The van der Waals surface area contributed by atoms with Crippen molar-refractivity contribution in [2.24, 2.45) is 11.7 Å². The van der Waals surface area contributed by atoms with Gasteiger partial charge in [0.2, 0.25) is 5.91 Å². The van der Waals surface area contributed by atoms with Gasteiger partial charge in [-0.15, -0.1) is 0 Å². The van der Waals surface area contributed by atoms with E-state index >= 15 is 0 Å². The average molecular weight is 243 g/mol. The van der Waals surface area contributed by atoms with E-state index in [0.29, 0.717) is 18.8 Å². The molecule has 0 bridgehead atoms. The number of Topliss-reactive ketones (excluding diaryl/α,β-unsaturated/α-hetero) is 2. The zero-order chi connectivity index (χ0) is 13.8. The smallest absolute Gasteiger partial charge is 0.217 e. The Morgan fingerprint density at radius 1 is 0.941 bits per heavy atom. The first-order valence-electron chi connectivity index (χ1n) is 6.02. The third-order valence-electron chi connectivity index (χ3n) is 1.90. The molecule has 4 heteroatoms. The fourth-order valence-corrected chi connectivity index (χ4v) is 1.25. The minimum absolute atomic E-state index is 0.171. The van der Waals surface area contributed by atoms with E-state index in [9.17, 15) is 14.4 Å². The fraction of sp³-hybridized carbons (Fsp3) is 0.769. The lowest BCUT2D eigenvalue weighted by molar-refractivity contribution is -0.119. The van der Waals surface area contributed by atoms with E-state index in [-0.39, 0.29) is 17.5 Å². The standard InChI is InChI=1S/C7H13NO2.C6H12O/c1-6(9)4-2-3-5-7(8)10;1-5(2)4-6(3)7/h2-5H2,1H3,(H2,8,10);5H,4H2,1-3H3. The predicted molar refractivity (Wildman–Crippen MR) is 68.5 cm³/mol. The molecule has 0 aromatic heterocycles. The summed E-state index contributed by atoms with van der Waals surface area (Å²) >= 11 is 0. The Hall–Kier alpha value is -1.19. The van der Waals surface area contributed by atoms with E-state index in [0.717, 1.165) is 19.3 Å². The number of primary amides is 1. The highest BCUT2D eigenvalue weighted by molar-refractivity contribution is 5.76. The molecule has 0 radical (unpaired) electrons. The average Bonchev–Trinajstić information content (AvgIpc) is 2.10. The van der Waals surface area contributed by atoms with Gasteiger partial charge in [0.05, 0.1) is 0 Å². The Labute approximate surface area is 104 Å². The SMILES string of the molecule is CC(=O)CC(C)C.CC(=O)CCCCC(N)=O. The third kappa shape index (κ3) is 25.3. The van der Waals surface area contributed by atoms with Gasteiger partial charge in [-0.05, 0) is 32.6 Å². The molecule has 0 aliphatic heterocycles. The second kappa shape index (κ2) is 11.3. The Bertz CT molecular complexity index is 231. The Kier molecular flexibility index (Phi) is 12.1. The second-order valence-electron chi connectivity index (χ2n) is 4.68. The lowest BCUT2D eigenvalue weighted by Gasteiger charge is -1.95. The maximum Gasteiger partial charge on any atom is 0.217 e. The Balaban J connectivity index is 0. The first kappa shape index (κ1) is 18.2. The number of carbonyl (C=O) groups excluding carboxylic acids is 3. The molecule has 17 heavy (non-hydrogen) atoms. The first-order valence-corrected chi connectivity index (χ1v) is 6.02. The summed E-state index contributed by atoms with van der Waals surface area (Å²) in [5, 5.41) is 0. The number of unbranched alkanes of at least 4 members (excludes halogenated alkanes) is 1. The molecule has 0 unspecified atom stereocenters. The van der Waals surface area contributed by atoms with Crippen molar-refractivity contribution in [1.29, 1.82) is 0 Å². The van der Waals surface area contributed by atoms with Crippen LogP contribution in [0.1, 0.15) is 59.8 Å². The molecule has 0 saturated heterocycles.